The first-order valence-corrected chi connectivity index (χ1v) is 5.43. The molecule has 1 aromatic heterocycles. The van der Waals surface area contributed by atoms with Gasteiger partial charge in [0.15, 0.2) is 0 Å². The van der Waals surface area contributed by atoms with Crippen LogP contribution in [0.4, 0.5) is 0 Å². The summed E-state index contributed by atoms with van der Waals surface area (Å²) >= 11 is 0. The maximum atomic E-state index is 11.1. The fourth-order valence-corrected chi connectivity index (χ4v) is 1.66. The Hall–Kier alpha value is -1.81. The predicted molar refractivity (Wildman–Crippen MR) is 70.4 cm³/mol. The van der Waals surface area contributed by atoms with Crippen LogP contribution in [0.3, 0.4) is 0 Å². The van der Waals surface area contributed by atoms with Crippen LogP contribution in [0.15, 0.2) is 49.1 Å². The topological polar surface area (TPSA) is 44.1 Å². The standard InChI is InChI=1S/C13H14N2O2.ClH/c1-11(16)17-13(9-15-8-7-14-10-15)12-5-3-2-4-6-12;/h2-8,10,13H,9H2,1H3;1H. The predicted octanol–water partition coefficient (Wildman–Crippen LogP) is 2.61. The molecule has 0 aliphatic rings. The van der Waals surface area contributed by atoms with Crippen LogP contribution in [-0.2, 0) is 16.1 Å². The number of carbonyl (C=O) groups is 1. The first kappa shape index (κ1) is 14.3. The number of rotatable bonds is 4. The molecule has 0 N–H and O–H groups in total. The highest BCUT2D eigenvalue weighted by molar-refractivity contribution is 5.85. The zero-order valence-electron chi connectivity index (χ0n) is 10.0. The number of hydrogen-bond donors (Lipinski definition) is 0. The Balaban J connectivity index is 0.00000162. The summed E-state index contributed by atoms with van der Waals surface area (Å²) in [6.07, 6.45) is 4.98. The lowest BCUT2D eigenvalue weighted by Crippen LogP contribution is -2.14. The average Bonchev–Trinajstić information content (AvgIpc) is 2.82. The number of benzene rings is 1. The molecule has 0 aliphatic heterocycles. The average molecular weight is 267 g/mol. The highest BCUT2D eigenvalue weighted by Gasteiger charge is 2.14. The summed E-state index contributed by atoms with van der Waals surface area (Å²) in [7, 11) is 0. The molecule has 2 aromatic rings. The zero-order chi connectivity index (χ0) is 12.1. The summed E-state index contributed by atoms with van der Waals surface area (Å²) in [6, 6.07) is 9.69. The van der Waals surface area contributed by atoms with Crippen molar-refractivity contribution in [3.8, 4) is 0 Å². The molecular formula is C13H15ClN2O2. The molecule has 5 heteroatoms. The SMILES string of the molecule is CC(=O)OC(Cn1ccnc1)c1ccccc1.Cl. The Bertz CT molecular complexity index is 471. The second-order valence-electron chi connectivity index (χ2n) is 3.77. The molecule has 2 rings (SSSR count). The van der Waals surface area contributed by atoms with Crippen molar-refractivity contribution in [1.82, 2.24) is 9.55 Å². The molecule has 4 nitrogen and oxygen atoms in total. The number of aromatic nitrogens is 2. The van der Waals surface area contributed by atoms with Crippen molar-refractivity contribution < 1.29 is 9.53 Å². The molecule has 1 atom stereocenters. The van der Waals surface area contributed by atoms with E-state index >= 15 is 0 Å². The summed E-state index contributed by atoms with van der Waals surface area (Å²) in [5, 5.41) is 0. The summed E-state index contributed by atoms with van der Waals surface area (Å²) in [6.45, 7) is 1.99. The van der Waals surface area contributed by atoms with Crippen molar-refractivity contribution in [3.63, 3.8) is 0 Å². The van der Waals surface area contributed by atoms with Gasteiger partial charge in [-0.2, -0.15) is 0 Å². The van der Waals surface area contributed by atoms with E-state index in [-0.39, 0.29) is 24.5 Å². The maximum Gasteiger partial charge on any atom is 0.303 e. The Morgan fingerprint density at radius 2 is 2.11 bits per heavy atom. The van der Waals surface area contributed by atoms with Gasteiger partial charge in [-0.1, -0.05) is 30.3 Å². The van der Waals surface area contributed by atoms with Gasteiger partial charge in [-0.05, 0) is 5.56 Å². The number of nitrogens with zero attached hydrogens (tertiary/aromatic N) is 2. The Morgan fingerprint density at radius 1 is 1.39 bits per heavy atom. The summed E-state index contributed by atoms with van der Waals surface area (Å²) < 4.78 is 7.21. The molecule has 0 saturated heterocycles. The lowest BCUT2D eigenvalue weighted by atomic mass is 10.1. The third-order valence-corrected chi connectivity index (χ3v) is 2.42. The fraction of sp³-hybridized carbons (Fsp3) is 0.231. The Kier molecular flexibility index (Phi) is 5.39. The minimum atomic E-state index is -0.279. The van der Waals surface area contributed by atoms with E-state index in [1.165, 1.54) is 6.92 Å². The quantitative estimate of drug-likeness (QED) is 0.799. The van der Waals surface area contributed by atoms with Crippen LogP contribution in [-0.4, -0.2) is 15.5 Å². The van der Waals surface area contributed by atoms with Crippen LogP contribution in [0.5, 0.6) is 0 Å². The van der Waals surface area contributed by atoms with Gasteiger partial charge >= 0.3 is 5.97 Å². The van der Waals surface area contributed by atoms with Gasteiger partial charge in [0.1, 0.15) is 6.10 Å². The highest BCUT2D eigenvalue weighted by atomic mass is 35.5. The molecule has 0 bridgehead atoms. The van der Waals surface area contributed by atoms with E-state index in [4.69, 9.17) is 4.74 Å². The van der Waals surface area contributed by atoms with E-state index in [1.54, 1.807) is 12.5 Å². The lowest BCUT2D eigenvalue weighted by Gasteiger charge is -2.17. The van der Waals surface area contributed by atoms with E-state index in [0.717, 1.165) is 5.56 Å². The Labute approximate surface area is 112 Å². The normalized spacial score (nSPS) is 11.4. The van der Waals surface area contributed by atoms with Crippen molar-refractivity contribution >= 4 is 18.4 Å². The molecule has 0 amide bonds. The highest BCUT2D eigenvalue weighted by Crippen LogP contribution is 2.19. The molecular weight excluding hydrogens is 252 g/mol. The van der Waals surface area contributed by atoms with Crippen molar-refractivity contribution in [2.45, 2.75) is 19.6 Å². The minimum absolute atomic E-state index is 0. The second-order valence-corrected chi connectivity index (χ2v) is 3.77. The van der Waals surface area contributed by atoms with Gasteiger partial charge in [0, 0.05) is 19.3 Å². The molecule has 0 aliphatic carbocycles. The maximum absolute atomic E-state index is 11.1. The van der Waals surface area contributed by atoms with Crippen molar-refractivity contribution in [2.24, 2.45) is 0 Å². The number of carbonyl (C=O) groups excluding carboxylic acids is 1. The lowest BCUT2D eigenvalue weighted by molar-refractivity contribution is -0.147. The zero-order valence-corrected chi connectivity index (χ0v) is 10.8. The molecule has 18 heavy (non-hydrogen) atoms. The van der Waals surface area contributed by atoms with Crippen molar-refractivity contribution in [1.29, 1.82) is 0 Å². The first-order chi connectivity index (χ1) is 8.25. The van der Waals surface area contributed by atoms with E-state index < -0.39 is 0 Å². The van der Waals surface area contributed by atoms with Crippen molar-refractivity contribution in [2.75, 3.05) is 0 Å². The van der Waals surface area contributed by atoms with Gasteiger partial charge in [0.05, 0.1) is 12.9 Å². The molecule has 0 radical (unpaired) electrons. The summed E-state index contributed by atoms with van der Waals surface area (Å²) in [5.41, 5.74) is 0.983. The van der Waals surface area contributed by atoms with Crippen LogP contribution in [0.2, 0.25) is 0 Å². The number of ether oxygens (including phenoxy) is 1. The van der Waals surface area contributed by atoms with Gasteiger partial charge in [-0.25, -0.2) is 4.98 Å². The summed E-state index contributed by atoms with van der Waals surface area (Å²) in [4.78, 5) is 15.1. The van der Waals surface area contributed by atoms with Gasteiger partial charge in [0.2, 0.25) is 0 Å². The van der Waals surface area contributed by atoms with Gasteiger partial charge in [-0.3, -0.25) is 4.79 Å². The monoisotopic (exact) mass is 266 g/mol. The van der Waals surface area contributed by atoms with Crippen LogP contribution < -0.4 is 0 Å². The Morgan fingerprint density at radius 3 is 2.67 bits per heavy atom. The largest absolute Gasteiger partial charge is 0.456 e. The smallest absolute Gasteiger partial charge is 0.303 e. The fourth-order valence-electron chi connectivity index (χ4n) is 1.66. The number of imidazole rings is 1. The van der Waals surface area contributed by atoms with Crippen molar-refractivity contribution in [3.05, 3.63) is 54.6 Å². The number of halogens is 1. The third kappa shape index (κ3) is 3.89. The molecule has 0 spiro atoms. The van der Waals surface area contributed by atoms with Gasteiger partial charge in [-0.15, -0.1) is 12.4 Å². The molecule has 96 valence electrons. The van der Waals surface area contributed by atoms with E-state index in [9.17, 15) is 4.79 Å². The van der Waals surface area contributed by atoms with Crippen LogP contribution >= 0.6 is 12.4 Å². The van der Waals surface area contributed by atoms with Crippen LogP contribution in [0, 0.1) is 0 Å². The third-order valence-electron chi connectivity index (χ3n) is 2.42. The van der Waals surface area contributed by atoms with Crippen LogP contribution in [0.25, 0.3) is 0 Å². The van der Waals surface area contributed by atoms with Gasteiger partial charge in [0.25, 0.3) is 0 Å². The minimum Gasteiger partial charge on any atom is -0.456 e. The van der Waals surface area contributed by atoms with E-state index in [2.05, 4.69) is 4.98 Å². The number of hydrogen-bond acceptors (Lipinski definition) is 3. The molecule has 1 heterocycles. The van der Waals surface area contributed by atoms with Gasteiger partial charge < -0.3 is 9.30 Å². The van der Waals surface area contributed by atoms with E-state index in [1.807, 2.05) is 41.1 Å². The second kappa shape index (κ2) is 6.81. The molecule has 0 fully saturated rings. The molecule has 1 unspecified atom stereocenters. The first-order valence-electron chi connectivity index (χ1n) is 5.43. The summed E-state index contributed by atoms with van der Waals surface area (Å²) in [5.74, 6) is -0.279. The molecule has 0 saturated carbocycles. The van der Waals surface area contributed by atoms with Crippen LogP contribution in [0.1, 0.15) is 18.6 Å². The van der Waals surface area contributed by atoms with E-state index in [0.29, 0.717) is 6.54 Å². The molecule has 1 aromatic carbocycles. The number of esters is 1.